The average molecular weight is 349 g/mol. The quantitative estimate of drug-likeness (QED) is 0.716. The summed E-state index contributed by atoms with van der Waals surface area (Å²) in [5.74, 6) is 0.471. The summed E-state index contributed by atoms with van der Waals surface area (Å²) < 4.78 is 24.4. The Kier molecular flexibility index (Phi) is 4.64. The van der Waals surface area contributed by atoms with Gasteiger partial charge >= 0.3 is 0 Å². The van der Waals surface area contributed by atoms with Crippen LogP contribution in [0.2, 0.25) is 0 Å². The number of fused-ring (bicyclic) bond motifs is 3. The number of aryl methyl sites for hydroxylation is 1. The second-order valence-corrected chi connectivity index (χ2v) is 8.41. The summed E-state index contributed by atoms with van der Waals surface area (Å²) in [6.45, 7) is 2.69. The van der Waals surface area contributed by atoms with Crippen LogP contribution in [0.25, 0.3) is 10.9 Å². The molecule has 1 aliphatic rings. The van der Waals surface area contributed by atoms with E-state index in [0.29, 0.717) is 11.5 Å². The van der Waals surface area contributed by atoms with Crippen molar-refractivity contribution in [3.63, 3.8) is 0 Å². The molecular formula is C17H23N3O3S. The molecule has 0 saturated heterocycles. The molecule has 6 nitrogen and oxygen atoms in total. The van der Waals surface area contributed by atoms with E-state index < -0.39 is 10.0 Å². The van der Waals surface area contributed by atoms with Gasteiger partial charge in [-0.15, -0.1) is 0 Å². The van der Waals surface area contributed by atoms with Crippen molar-refractivity contribution < 1.29 is 13.2 Å². The molecule has 24 heavy (non-hydrogen) atoms. The van der Waals surface area contributed by atoms with Crippen molar-refractivity contribution in [2.45, 2.75) is 26.2 Å². The predicted octanol–water partition coefficient (Wildman–Crippen LogP) is 1.57. The Morgan fingerprint density at radius 3 is 2.88 bits per heavy atom. The van der Waals surface area contributed by atoms with Crippen molar-refractivity contribution in [1.29, 1.82) is 0 Å². The van der Waals surface area contributed by atoms with Gasteiger partial charge in [0.2, 0.25) is 10.0 Å². The van der Waals surface area contributed by atoms with Gasteiger partial charge in [0.05, 0.1) is 17.3 Å². The van der Waals surface area contributed by atoms with Crippen molar-refractivity contribution in [3.8, 4) is 0 Å². The molecule has 2 aromatic rings. The van der Waals surface area contributed by atoms with Crippen molar-refractivity contribution in [1.82, 2.24) is 15.0 Å². The highest BCUT2D eigenvalue weighted by molar-refractivity contribution is 7.88. The molecule has 0 spiro atoms. The summed E-state index contributed by atoms with van der Waals surface area (Å²) >= 11 is 0. The van der Waals surface area contributed by atoms with Crippen molar-refractivity contribution in [2.75, 3.05) is 19.3 Å². The number of benzene rings is 1. The summed E-state index contributed by atoms with van der Waals surface area (Å²) in [5.41, 5.74) is 4.05. The number of sulfonamides is 1. The number of hydrogen-bond acceptors (Lipinski definition) is 3. The zero-order valence-electron chi connectivity index (χ0n) is 14.0. The molecule has 1 aromatic carbocycles. The summed E-state index contributed by atoms with van der Waals surface area (Å²) in [6, 6.07) is 5.76. The van der Waals surface area contributed by atoms with Gasteiger partial charge in [0.25, 0.3) is 5.91 Å². The van der Waals surface area contributed by atoms with E-state index in [2.05, 4.69) is 28.0 Å². The van der Waals surface area contributed by atoms with Gasteiger partial charge in [0.1, 0.15) is 0 Å². The Morgan fingerprint density at radius 1 is 1.33 bits per heavy atom. The van der Waals surface area contributed by atoms with Crippen LogP contribution in [0.4, 0.5) is 0 Å². The topological polar surface area (TPSA) is 91.1 Å². The fourth-order valence-corrected chi connectivity index (χ4v) is 3.78. The van der Waals surface area contributed by atoms with Crippen LogP contribution in [-0.4, -0.2) is 38.7 Å². The van der Waals surface area contributed by atoms with Crippen molar-refractivity contribution >= 4 is 26.8 Å². The zero-order valence-corrected chi connectivity index (χ0v) is 14.8. The number of amides is 1. The van der Waals surface area contributed by atoms with Gasteiger partial charge in [-0.05, 0) is 36.8 Å². The summed E-state index contributed by atoms with van der Waals surface area (Å²) in [6.07, 6.45) is 4.32. The Bertz CT molecular complexity index is 871. The van der Waals surface area contributed by atoms with E-state index in [1.807, 2.05) is 6.07 Å². The number of H-pyrrole nitrogens is 1. The molecule has 1 aromatic heterocycles. The maximum absolute atomic E-state index is 12.5. The first kappa shape index (κ1) is 17.0. The van der Waals surface area contributed by atoms with Crippen LogP contribution in [0, 0.1) is 5.92 Å². The van der Waals surface area contributed by atoms with Crippen LogP contribution in [0.5, 0.6) is 0 Å². The molecule has 0 fully saturated rings. The van der Waals surface area contributed by atoms with Crippen LogP contribution < -0.4 is 10.0 Å². The molecule has 0 radical (unpaired) electrons. The molecule has 0 bridgehead atoms. The molecular weight excluding hydrogens is 326 g/mol. The Labute approximate surface area is 142 Å². The number of nitrogens with one attached hydrogen (secondary N) is 3. The van der Waals surface area contributed by atoms with Crippen LogP contribution in [0.1, 0.15) is 35.0 Å². The lowest BCUT2D eigenvalue weighted by atomic mass is 9.87. The minimum absolute atomic E-state index is 0.180. The van der Waals surface area contributed by atoms with E-state index in [9.17, 15) is 13.2 Å². The fraction of sp³-hybridized carbons (Fsp3) is 0.471. The van der Waals surface area contributed by atoms with Gasteiger partial charge in [-0.25, -0.2) is 13.1 Å². The van der Waals surface area contributed by atoms with Crippen LogP contribution in [0.15, 0.2) is 18.2 Å². The molecule has 1 aliphatic carbocycles. The van der Waals surface area contributed by atoms with Crippen LogP contribution >= 0.6 is 0 Å². The first-order valence-corrected chi connectivity index (χ1v) is 10.1. The largest absolute Gasteiger partial charge is 0.358 e. The van der Waals surface area contributed by atoms with Gasteiger partial charge in [0, 0.05) is 24.2 Å². The zero-order chi connectivity index (χ0) is 17.3. The Balaban J connectivity index is 1.78. The maximum Gasteiger partial charge on any atom is 0.253 e. The lowest BCUT2D eigenvalue weighted by Gasteiger charge is -2.17. The van der Waals surface area contributed by atoms with Gasteiger partial charge in [-0.3, -0.25) is 4.79 Å². The summed E-state index contributed by atoms with van der Waals surface area (Å²) in [7, 11) is -3.24. The third-order valence-electron chi connectivity index (χ3n) is 4.49. The molecule has 0 unspecified atom stereocenters. The van der Waals surface area contributed by atoms with E-state index in [1.54, 1.807) is 6.07 Å². The number of rotatable bonds is 5. The molecule has 1 heterocycles. The highest BCUT2D eigenvalue weighted by atomic mass is 32.2. The second-order valence-electron chi connectivity index (χ2n) is 6.58. The van der Waals surface area contributed by atoms with E-state index in [-0.39, 0.29) is 19.0 Å². The molecule has 3 N–H and O–H groups in total. The Hall–Kier alpha value is -1.86. The number of aromatic amines is 1. The highest BCUT2D eigenvalue weighted by Gasteiger charge is 2.22. The molecule has 7 heteroatoms. The van der Waals surface area contributed by atoms with Crippen molar-refractivity contribution in [2.24, 2.45) is 5.92 Å². The van der Waals surface area contributed by atoms with E-state index in [1.165, 1.54) is 17.7 Å². The van der Waals surface area contributed by atoms with E-state index in [4.69, 9.17) is 0 Å². The number of hydrogen-bond donors (Lipinski definition) is 3. The normalized spacial score (nSPS) is 17.7. The lowest BCUT2D eigenvalue weighted by Crippen LogP contribution is -2.34. The van der Waals surface area contributed by atoms with Gasteiger partial charge in [0.15, 0.2) is 0 Å². The summed E-state index contributed by atoms with van der Waals surface area (Å²) in [5, 5.41) is 3.89. The first-order valence-electron chi connectivity index (χ1n) is 8.20. The second kappa shape index (κ2) is 6.57. The van der Waals surface area contributed by atoms with Crippen LogP contribution in [-0.2, 0) is 22.9 Å². The number of carbonyl (C=O) groups is 1. The van der Waals surface area contributed by atoms with Crippen molar-refractivity contribution in [3.05, 3.63) is 35.0 Å². The molecule has 1 atom stereocenters. The van der Waals surface area contributed by atoms with Crippen LogP contribution in [0.3, 0.4) is 0 Å². The highest BCUT2D eigenvalue weighted by Crippen LogP contribution is 2.32. The number of carbonyl (C=O) groups excluding carboxylic acids is 1. The molecule has 130 valence electrons. The Morgan fingerprint density at radius 2 is 2.12 bits per heavy atom. The van der Waals surface area contributed by atoms with E-state index >= 15 is 0 Å². The minimum Gasteiger partial charge on any atom is -0.358 e. The third kappa shape index (κ3) is 3.62. The lowest BCUT2D eigenvalue weighted by molar-refractivity contribution is 0.0956. The number of aromatic nitrogens is 1. The summed E-state index contributed by atoms with van der Waals surface area (Å²) in [4.78, 5) is 15.9. The molecule has 3 rings (SSSR count). The number of para-hydroxylation sites is 1. The molecule has 0 aliphatic heterocycles. The van der Waals surface area contributed by atoms with Gasteiger partial charge in [-0.1, -0.05) is 19.1 Å². The standard InChI is InChI=1S/C17H23N3O3S/c1-11-6-7-15-14(10-11)12-4-3-5-13(16(12)20-15)17(21)18-8-9-19-24(2,22)23/h3-5,11,19-20H,6-10H2,1-2H3,(H,18,21)/t11-/m1/s1. The molecule has 0 saturated carbocycles. The molecule has 1 amide bonds. The predicted molar refractivity (Wildman–Crippen MR) is 94.7 cm³/mol. The van der Waals surface area contributed by atoms with E-state index in [0.717, 1.165) is 30.0 Å². The maximum atomic E-state index is 12.5. The average Bonchev–Trinajstić information content (AvgIpc) is 2.88. The van der Waals surface area contributed by atoms with Gasteiger partial charge in [-0.2, -0.15) is 0 Å². The monoisotopic (exact) mass is 349 g/mol. The third-order valence-corrected chi connectivity index (χ3v) is 5.22. The smallest absolute Gasteiger partial charge is 0.253 e. The first-order chi connectivity index (χ1) is 11.3. The minimum atomic E-state index is -3.24. The SMILES string of the molecule is C[C@@H]1CCc2[nH]c3c(C(=O)NCCNS(C)(=O)=O)cccc3c2C1. The van der Waals surface area contributed by atoms with Gasteiger partial charge < -0.3 is 10.3 Å². The fourth-order valence-electron chi connectivity index (χ4n) is 3.31.